The first kappa shape index (κ1) is 17.4. The fraction of sp³-hybridized carbons (Fsp3) is 0.100. The maximum absolute atomic E-state index is 13.7. The lowest BCUT2D eigenvalue weighted by Crippen LogP contribution is -2.04. The molecule has 6 heteroatoms. The smallest absolute Gasteiger partial charge is 0.269 e. The fourth-order valence-corrected chi connectivity index (χ4v) is 2.46. The standard InChI is InChI=1S/C20H17FN2O3/c21-19-7-3-1-6-16(19)14-26-20-8-4-2-5-15(20)13-22-17-9-11-18(12-10-17)23(24)25/h1-12,22H,13-14H2. The van der Waals surface area contributed by atoms with Crippen LogP contribution in [-0.2, 0) is 13.2 Å². The van der Waals surface area contributed by atoms with E-state index in [1.54, 1.807) is 30.3 Å². The van der Waals surface area contributed by atoms with E-state index in [2.05, 4.69) is 5.32 Å². The number of hydrogen-bond donors (Lipinski definition) is 1. The van der Waals surface area contributed by atoms with Crippen LogP contribution in [0.25, 0.3) is 0 Å². The molecule has 3 rings (SSSR count). The molecule has 0 aliphatic heterocycles. The molecule has 0 unspecified atom stereocenters. The fourth-order valence-electron chi connectivity index (χ4n) is 2.46. The number of nitrogens with one attached hydrogen (secondary N) is 1. The van der Waals surface area contributed by atoms with E-state index in [1.165, 1.54) is 18.2 Å². The summed E-state index contributed by atoms with van der Waals surface area (Å²) in [4.78, 5) is 10.3. The van der Waals surface area contributed by atoms with Gasteiger partial charge in [0.2, 0.25) is 0 Å². The highest BCUT2D eigenvalue weighted by molar-refractivity contribution is 5.49. The van der Waals surface area contributed by atoms with Crippen molar-refractivity contribution in [2.75, 3.05) is 5.32 Å². The third-order valence-electron chi connectivity index (χ3n) is 3.87. The maximum atomic E-state index is 13.7. The van der Waals surface area contributed by atoms with E-state index < -0.39 is 4.92 Å². The van der Waals surface area contributed by atoms with Gasteiger partial charge in [-0.25, -0.2) is 4.39 Å². The normalized spacial score (nSPS) is 10.3. The van der Waals surface area contributed by atoms with E-state index in [0.29, 0.717) is 17.9 Å². The predicted molar refractivity (Wildman–Crippen MR) is 97.6 cm³/mol. The molecule has 0 aromatic heterocycles. The van der Waals surface area contributed by atoms with E-state index in [9.17, 15) is 14.5 Å². The van der Waals surface area contributed by atoms with Crippen LogP contribution in [-0.4, -0.2) is 4.92 Å². The van der Waals surface area contributed by atoms with Crippen molar-refractivity contribution in [1.82, 2.24) is 0 Å². The van der Waals surface area contributed by atoms with Crippen LogP contribution >= 0.6 is 0 Å². The summed E-state index contributed by atoms with van der Waals surface area (Å²) in [6.07, 6.45) is 0. The Bertz CT molecular complexity index is 898. The third-order valence-corrected chi connectivity index (χ3v) is 3.87. The Morgan fingerprint density at radius 2 is 1.58 bits per heavy atom. The molecule has 26 heavy (non-hydrogen) atoms. The molecule has 3 aromatic carbocycles. The molecule has 0 aliphatic rings. The molecule has 3 aromatic rings. The first-order valence-corrected chi connectivity index (χ1v) is 8.06. The Labute approximate surface area is 150 Å². The Morgan fingerprint density at radius 3 is 2.27 bits per heavy atom. The molecule has 132 valence electrons. The molecule has 0 atom stereocenters. The number of hydrogen-bond acceptors (Lipinski definition) is 4. The van der Waals surface area contributed by atoms with Crippen LogP contribution in [0.15, 0.2) is 72.8 Å². The summed E-state index contributed by atoms with van der Waals surface area (Å²) in [5.41, 5.74) is 2.21. The lowest BCUT2D eigenvalue weighted by Gasteiger charge is -2.13. The second-order valence-electron chi connectivity index (χ2n) is 5.65. The van der Waals surface area contributed by atoms with Crippen LogP contribution in [0.4, 0.5) is 15.8 Å². The number of nitrogens with zero attached hydrogens (tertiary/aromatic N) is 1. The minimum absolute atomic E-state index is 0.0455. The summed E-state index contributed by atoms with van der Waals surface area (Å²) in [5, 5.41) is 13.9. The highest BCUT2D eigenvalue weighted by Gasteiger charge is 2.07. The lowest BCUT2D eigenvalue weighted by molar-refractivity contribution is -0.384. The Balaban J connectivity index is 1.65. The average molecular weight is 352 g/mol. The molecule has 0 saturated heterocycles. The molecule has 0 heterocycles. The van der Waals surface area contributed by atoms with Gasteiger partial charge in [-0.2, -0.15) is 0 Å². The van der Waals surface area contributed by atoms with Crippen molar-refractivity contribution >= 4 is 11.4 Å². The van der Waals surface area contributed by atoms with Crippen molar-refractivity contribution in [1.29, 1.82) is 0 Å². The van der Waals surface area contributed by atoms with Crippen molar-refractivity contribution in [3.8, 4) is 5.75 Å². The molecule has 0 amide bonds. The van der Waals surface area contributed by atoms with Gasteiger partial charge in [0, 0.05) is 35.5 Å². The van der Waals surface area contributed by atoms with E-state index in [-0.39, 0.29) is 18.1 Å². The molecule has 1 N–H and O–H groups in total. The van der Waals surface area contributed by atoms with Crippen LogP contribution < -0.4 is 10.1 Å². The van der Waals surface area contributed by atoms with Crippen molar-refractivity contribution < 1.29 is 14.1 Å². The summed E-state index contributed by atoms with van der Waals surface area (Å²) >= 11 is 0. The largest absolute Gasteiger partial charge is 0.488 e. The summed E-state index contributed by atoms with van der Waals surface area (Å²) in [6, 6.07) is 20.2. The van der Waals surface area contributed by atoms with Crippen molar-refractivity contribution in [3.05, 3.63) is 99.9 Å². The highest BCUT2D eigenvalue weighted by Crippen LogP contribution is 2.22. The zero-order valence-corrected chi connectivity index (χ0v) is 13.9. The summed E-state index contributed by atoms with van der Waals surface area (Å²) in [7, 11) is 0. The predicted octanol–water partition coefficient (Wildman–Crippen LogP) is 4.93. The van der Waals surface area contributed by atoms with Gasteiger partial charge in [-0.15, -0.1) is 0 Å². The maximum Gasteiger partial charge on any atom is 0.269 e. The molecule has 0 bridgehead atoms. The van der Waals surface area contributed by atoms with Crippen LogP contribution in [0.5, 0.6) is 5.75 Å². The van der Waals surface area contributed by atoms with Gasteiger partial charge in [0.1, 0.15) is 18.2 Å². The molecule has 0 aliphatic carbocycles. The SMILES string of the molecule is O=[N+]([O-])c1ccc(NCc2ccccc2OCc2ccccc2F)cc1. The second kappa shape index (κ2) is 8.11. The molecular weight excluding hydrogens is 335 g/mol. The summed E-state index contributed by atoms with van der Waals surface area (Å²) in [5.74, 6) is 0.360. The summed E-state index contributed by atoms with van der Waals surface area (Å²) in [6.45, 7) is 0.618. The Hall–Kier alpha value is -3.41. The minimum atomic E-state index is -0.435. The van der Waals surface area contributed by atoms with Crippen molar-refractivity contribution in [2.45, 2.75) is 13.2 Å². The monoisotopic (exact) mass is 352 g/mol. The Kier molecular flexibility index (Phi) is 5.43. The first-order valence-electron chi connectivity index (χ1n) is 8.06. The number of para-hydroxylation sites is 1. The van der Waals surface area contributed by atoms with Crippen molar-refractivity contribution in [3.63, 3.8) is 0 Å². The average Bonchev–Trinajstić information content (AvgIpc) is 2.66. The lowest BCUT2D eigenvalue weighted by atomic mass is 10.2. The number of nitro groups is 1. The van der Waals surface area contributed by atoms with Gasteiger partial charge in [0.15, 0.2) is 0 Å². The van der Waals surface area contributed by atoms with Crippen LogP contribution in [0.1, 0.15) is 11.1 Å². The third kappa shape index (κ3) is 4.36. The van der Waals surface area contributed by atoms with Gasteiger partial charge >= 0.3 is 0 Å². The van der Waals surface area contributed by atoms with Gasteiger partial charge in [-0.05, 0) is 24.3 Å². The van der Waals surface area contributed by atoms with Gasteiger partial charge in [-0.1, -0.05) is 36.4 Å². The quantitative estimate of drug-likeness (QED) is 0.484. The molecule has 0 saturated carbocycles. The number of anilines is 1. The minimum Gasteiger partial charge on any atom is -0.488 e. The van der Waals surface area contributed by atoms with Crippen LogP contribution in [0.3, 0.4) is 0 Å². The van der Waals surface area contributed by atoms with Crippen LogP contribution in [0.2, 0.25) is 0 Å². The first-order chi connectivity index (χ1) is 12.6. The van der Waals surface area contributed by atoms with E-state index in [4.69, 9.17) is 4.74 Å². The van der Waals surface area contributed by atoms with E-state index in [0.717, 1.165) is 11.3 Å². The van der Waals surface area contributed by atoms with E-state index in [1.807, 2.05) is 24.3 Å². The second-order valence-corrected chi connectivity index (χ2v) is 5.65. The number of halogens is 1. The number of benzene rings is 3. The topological polar surface area (TPSA) is 64.4 Å². The molecular formula is C20H17FN2O3. The number of rotatable bonds is 7. The number of nitro benzene ring substituents is 1. The van der Waals surface area contributed by atoms with Crippen molar-refractivity contribution in [2.24, 2.45) is 0 Å². The Morgan fingerprint density at radius 1 is 0.923 bits per heavy atom. The number of non-ortho nitro benzene ring substituents is 1. The van der Waals surface area contributed by atoms with Crippen LogP contribution in [0, 0.1) is 15.9 Å². The molecule has 0 fully saturated rings. The zero-order valence-electron chi connectivity index (χ0n) is 13.9. The molecule has 5 nitrogen and oxygen atoms in total. The number of ether oxygens (including phenoxy) is 1. The summed E-state index contributed by atoms with van der Waals surface area (Å²) < 4.78 is 19.5. The van der Waals surface area contributed by atoms with Gasteiger partial charge < -0.3 is 10.1 Å². The highest BCUT2D eigenvalue weighted by atomic mass is 19.1. The van der Waals surface area contributed by atoms with Gasteiger partial charge in [0.25, 0.3) is 5.69 Å². The van der Waals surface area contributed by atoms with Gasteiger partial charge in [0.05, 0.1) is 4.92 Å². The van der Waals surface area contributed by atoms with Gasteiger partial charge in [-0.3, -0.25) is 10.1 Å². The van der Waals surface area contributed by atoms with E-state index >= 15 is 0 Å². The zero-order chi connectivity index (χ0) is 18.4. The molecule has 0 radical (unpaired) electrons. The molecule has 0 spiro atoms.